The minimum Gasteiger partial charge on any atom is -0.325 e. The van der Waals surface area contributed by atoms with Crippen LogP contribution in [-0.2, 0) is 21.2 Å². The molecule has 0 bridgehead atoms. The maximum Gasteiger partial charge on any atom is 0.255 e. The number of hydrogen-bond donors (Lipinski definition) is 2. The zero-order valence-corrected chi connectivity index (χ0v) is 16.3. The Balaban J connectivity index is 1.78. The fraction of sp³-hybridized carbons (Fsp3) is 0.222. The van der Waals surface area contributed by atoms with Gasteiger partial charge in [-0.15, -0.1) is 0 Å². The zero-order valence-electron chi connectivity index (χ0n) is 14.7. The van der Waals surface area contributed by atoms with Crippen molar-refractivity contribution < 1.29 is 18.0 Å². The van der Waals surface area contributed by atoms with Crippen LogP contribution in [0.5, 0.6) is 0 Å². The van der Waals surface area contributed by atoms with Crippen LogP contribution >= 0.6 is 11.6 Å². The highest BCUT2D eigenvalue weighted by molar-refractivity contribution is 7.92. The molecule has 2 amide bonds. The SMILES string of the molecule is CC(=O)Nc1ccc(NC(=O)c2ccc3c(c2)CCN3S(C)(=O)=O)cc1Cl. The first-order chi connectivity index (χ1) is 12.6. The molecule has 0 aliphatic carbocycles. The van der Waals surface area contributed by atoms with Crippen molar-refractivity contribution >= 4 is 50.5 Å². The molecule has 0 atom stereocenters. The highest BCUT2D eigenvalue weighted by atomic mass is 35.5. The molecule has 0 radical (unpaired) electrons. The largest absolute Gasteiger partial charge is 0.325 e. The quantitative estimate of drug-likeness (QED) is 0.814. The number of nitrogens with zero attached hydrogens (tertiary/aromatic N) is 1. The average molecular weight is 408 g/mol. The molecule has 2 aromatic carbocycles. The van der Waals surface area contributed by atoms with Crippen molar-refractivity contribution in [3.8, 4) is 0 Å². The van der Waals surface area contributed by atoms with Gasteiger partial charge in [0, 0.05) is 24.7 Å². The van der Waals surface area contributed by atoms with Crippen molar-refractivity contribution in [3.05, 3.63) is 52.5 Å². The van der Waals surface area contributed by atoms with Crippen molar-refractivity contribution in [2.24, 2.45) is 0 Å². The summed E-state index contributed by atoms with van der Waals surface area (Å²) in [5.41, 5.74) is 2.79. The molecular formula is C18H18ClN3O4S. The number of sulfonamides is 1. The van der Waals surface area contributed by atoms with Gasteiger partial charge in [0.1, 0.15) is 0 Å². The molecule has 0 saturated carbocycles. The fourth-order valence-electron chi connectivity index (χ4n) is 2.94. The van der Waals surface area contributed by atoms with Crippen LogP contribution in [-0.4, -0.2) is 33.0 Å². The third-order valence-electron chi connectivity index (χ3n) is 4.13. The molecule has 3 rings (SSSR count). The first-order valence-corrected chi connectivity index (χ1v) is 10.4. The lowest BCUT2D eigenvalue weighted by Crippen LogP contribution is -2.27. The maximum absolute atomic E-state index is 12.5. The van der Waals surface area contributed by atoms with E-state index in [-0.39, 0.29) is 11.8 Å². The van der Waals surface area contributed by atoms with Gasteiger partial charge in [-0.2, -0.15) is 0 Å². The number of rotatable bonds is 4. The van der Waals surface area contributed by atoms with E-state index in [2.05, 4.69) is 10.6 Å². The number of benzene rings is 2. The highest BCUT2D eigenvalue weighted by Crippen LogP contribution is 2.31. The van der Waals surface area contributed by atoms with Gasteiger partial charge in [0.15, 0.2) is 0 Å². The van der Waals surface area contributed by atoms with E-state index in [0.29, 0.717) is 40.6 Å². The molecule has 0 aromatic heterocycles. The van der Waals surface area contributed by atoms with Gasteiger partial charge in [-0.3, -0.25) is 13.9 Å². The van der Waals surface area contributed by atoms with Gasteiger partial charge in [-0.05, 0) is 48.4 Å². The van der Waals surface area contributed by atoms with Gasteiger partial charge >= 0.3 is 0 Å². The summed E-state index contributed by atoms with van der Waals surface area (Å²) in [7, 11) is -3.33. The van der Waals surface area contributed by atoms with Crippen LogP contribution in [0.2, 0.25) is 5.02 Å². The molecule has 9 heteroatoms. The summed E-state index contributed by atoms with van der Waals surface area (Å²) in [6, 6.07) is 9.71. The highest BCUT2D eigenvalue weighted by Gasteiger charge is 2.26. The lowest BCUT2D eigenvalue weighted by atomic mass is 10.1. The summed E-state index contributed by atoms with van der Waals surface area (Å²) in [5.74, 6) is -0.575. The van der Waals surface area contributed by atoms with Crippen LogP contribution in [0, 0.1) is 0 Å². The van der Waals surface area contributed by atoms with Crippen molar-refractivity contribution in [3.63, 3.8) is 0 Å². The lowest BCUT2D eigenvalue weighted by molar-refractivity contribution is -0.114. The summed E-state index contributed by atoms with van der Waals surface area (Å²) >= 11 is 6.11. The van der Waals surface area contributed by atoms with Crippen molar-refractivity contribution in [2.45, 2.75) is 13.3 Å². The van der Waals surface area contributed by atoms with Crippen LogP contribution in [0.4, 0.5) is 17.1 Å². The molecular weight excluding hydrogens is 390 g/mol. The van der Waals surface area contributed by atoms with Gasteiger partial charge < -0.3 is 10.6 Å². The second-order valence-corrected chi connectivity index (χ2v) is 8.57. The third-order valence-corrected chi connectivity index (χ3v) is 5.63. The molecule has 1 heterocycles. The number of halogens is 1. The number of nitrogens with one attached hydrogen (secondary N) is 2. The maximum atomic E-state index is 12.5. The summed E-state index contributed by atoms with van der Waals surface area (Å²) in [6.07, 6.45) is 1.72. The molecule has 7 nitrogen and oxygen atoms in total. The standard InChI is InChI=1S/C18H18ClN3O4S/c1-11(23)20-16-5-4-14(10-15(16)19)21-18(24)13-3-6-17-12(9-13)7-8-22(17)27(2,25)26/h3-6,9-10H,7-8H2,1-2H3,(H,20,23)(H,21,24). The Kier molecular flexibility index (Phi) is 5.12. The zero-order chi connectivity index (χ0) is 19.8. The normalized spacial score (nSPS) is 13.2. The second kappa shape index (κ2) is 7.21. The predicted molar refractivity (Wildman–Crippen MR) is 106 cm³/mol. The fourth-order valence-corrected chi connectivity index (χ4v) is 4.13. The lowest BCUT2D eigenvalue weighted by Gasteiger charge is -2.16. The van der Waals surface area contributed by atoms with Gasteiger partial charge in [0.2, 0.25) is 15.9 Å². The Labute approximate surface area is 162 Å². The molecule has 0 saturated heterocycles. The topological polar surface area (TPSA) is 95.6 Å². The van der Waals surface area contributed by atoms with E-state index in [4.69, 9.17) is 11.6 Å². The van der Waals surface area contributed by atoms with Crippen LogP contribution in [0.25, 0.3) is 0 Å². The Hall–Kier alpha value is -2.58. The summed E-state index contributed by atoms with van der Waals surface area (Å²) < 4.78 is 24.9. The summed E-state index contributed by atoms with van der Waals surface area (Å²) in [6.45, 7) is 1.75. The van der Waals surface area contributed by atoms with Crippen molar-refractivity contribution in [1.29, 1.82) is 0 Å². The number of carbonyl (C=O) groups excluding carboxylic acids is 2. The van der Waals surface area contributed by atoms with Crippen LogP contribution in [0.15, 0.2) is 36.4 Å². The van der Waals surface area contributed by atoms with Crippen LogP contribution in [0.1, 0.15) is 22.8 Å². The number of anilines is 3. The smallest absolute Gasteiger partial charge is 0.255 e. The molecule has 27 heavy (non-hydrogen) atoms. The Morgan fingerprint density at radius 2 is 1.85 bits per heavy atom. The molecule has 0 unspecified atom stereocenters. The molecule has 142 valence electrons. The number of hydrogen-bond acceptors (Lipinski definition) is 4. The predicted octanol–water partition coefficient (Wildman–Crippen LogP) is 2.87. The Morgan fingerprint density at radius 1 is 1.11 bits per heavy atom. The summed E-state index contributed by atoms with van der Waals surface area (Å²) in [5, 5.41) is 5.64. The van der Waals surface area contributed by atoms with Crippen molar-refractivity contribution in [2.75, 3.05) is 27.7 Å². The third kappa shape index (κ3) is 4.23. The minimum absolute atomic E-state index is 0.241. The van der Waals surface area contributed by atoms with E-state index in [1.807, 2.05) is 0 Å². The number of fused-ring (bicyclic) bond motifs is 1. The molecule has 0 fully saturated rings. The van der Waals surface area contributed by atoms with Crippen LogP contribution < -0.4 is 14.9 Å². The number of carbonyl (C=O) groups is 2. The molecule has 2 aromatic rings. The molecule has 1 aliphatic heterocycles. The van der Waals surface area contributed by atoms with E-state index in [9.17, 15) is 18.0 Å². The van der Waals surface area contributed by atoms with E-state index in [1.165, 1.54) is 11.2 Å². The van der Waals surface area contributed by atoms with Gasteiger partial charge in [0.05, 0.1) is 22.7 Å². The molecule has 2 N–H and O–H groups in total. The Morgan fingerprint density at radius 3 is 2.48 bits per heavy atom. The van der Waals surface area contributed by atoms with Crippen LogP contribution in [0.3, 0.4) is 0 Å². The first kappa shape index (κ1) is 19.2. The Bertz CT molecular complexity index is 1040. The first-order valence-electron chi connectivity index (χ1n) is 8.14. The summed E-state index contributed by atoms with van der Waals surface area (Å²) in [4.78, 5) is 23.6. The van der Waals surface area contributed by atoms with Gasteiger partial charge in [-0.25, -0.2) is 8.42 Å². The van der Waals surface area contributed by atoms with Gasteiger partial charge in [0.25, 0.3) is 5.91 Å². The van der Waals surface area contributed by atoms with Crippen molar-refractivity contribution in [1.82, 2.24) is 0 Å². The monoisotopic (exact) mass is 407 g/mol. The van der Waals surface area contributed by atoms with E-state index >= 15 is 0 Å². The number of amides is 2. The molecule has 0 spiro atoms. The minimum atomic E-state index is -3.33. The second-order valence-electron chi connectivity index (χ2n) is 6.26. The van der Waals surface area contributed by atoms with E-state index in [1.54, 1.807) is 36.4 Å². The van der Waals surface area contributed by atoms with E-state index in [0.717, 1.165) is 11.8 Å². The van der Waals surface area contributed by atoms with E-state index < -0.39 is 10.0 Å². The molecule has 1 aliphatic rings. The van der Waals surface area contributed by atoms with Gasteiger partial charge in [-0.1, -0.05) is 11.6 Å². The average Bonchev–Trinajstić information content (AvgIpc) is 3.00.